The summed E-state index contributed by atoms with van der Waals surface area (Å²) in [5.41, 5.74) is 1.82. The molecule has 1 aromatic heterocycles. The quantitative estimate of drug-likeness (QED) is 0.349. The molecule has 0 spiro atoms. The summed E-state index contributed by atoms with van der Waals surface area (Å²) in [6.45, 7) is 3.62. The number of para-hydroxylation sites is 2. The molecular weight excluding hydrogens is 412 g/mol. The van der Waals surface area contributed by atoms with E-state index in [1.165, 1.54) is 18.7 Å². The van der Waals surface area contributed by atoms with Crippen LogP contribution in [0.2, 0.25) is 0 Å². The summed E-state index contributed by atoms with van der Waals surface area (Å²) in [6.07, 6.45) is 2.48. The van der Waals surface area contributed by atoms with Crippen LogP contribution in [0.15, 0.2) is 58.5 Å². The molecule has 2 aromatic carbocycles. The van der Waals surface area contributed by atoms with Crippen molar-refractivity contribution in [1.82, 2.24) is 10.1 Å². The van der Waals surface area contributed by atoms with Crippen LogP contribution in [0.5, 0.6) is 5.75 Å². The number of hydrogen-bond acceptors (Lipinski definition) is 5. The minimum atomic E-state index is -0.777. The van der Waals surface area contributed by atoms with Gasteiger partial charge < -0.3 is 5.11 Å². The highest BCUT2D eigenvalue weighted by atomic mass is 32.2. The van der Waals surface area contributed by atoms with E-state index in [1.807, 2.05) is 18.2 Å². The second kappa shape index (κ2) is 8.93. The van der Waals surface area contributed by atoms with Crippen LogP contribution in [0.4, 0.5) is 5.69 Å². The third-order valence-corrected chi connectivity index (χ3v) is 6.25. The van der Waals surface area contributed by atoms with Crippen molar-refractivity contribution in [2.75, 3.05) is 10.7 Å². The van der Waals surface area contributed by atoms with Crippen LogP contribution in [-0.4, -0.2) is 26.8 Å². The Hall–Kier alpha value is -3.13. The number of aromatic hydroxyl groups is 1. The van der Waals surface area contributed by atoms with E-state index in [2.05, 4.69) is 11.9 Å². The highest BCUT2D eigenvalue weighted by Gasteiger charge is 2.45. The van der Waals surface area contributed by atoms with Crippen molar-refractivity contribution < 1.29 is 14.6 Å². The fourth-order valence-electron chi connectivity index (χ4n) is 3.89. The zero-order valence-corrected chi connectivity index (χ0v) is 18.4. The first-order valence-electron chi connectivity index (χ1n) is 10.4. The van der Waals surface area contributed by atoms with E-state index >= 15 is 0 Å². The Kier molecular flexibility index (Phi) is 6.08. The number of aromatic amines is 1. The van der Waals surface area contributed by atoms with Gasteiger partial charge in [0.1, 0.15) is 5.75 Å². The van der Waals surface area contributed by atoms with Gasteiger partial charge in [-0.25, -0.2) is 4.90 Å². The number of rotatable bonds is 6. The molecule has 1 atom stereocenters. The molecule has 1 amide bonds. The topological polar surface area (TPSA) is 90.2 Å². The fourth-order valence-corrected chi connectivity index (χ4v) is 4.74. The lowest BCUT2D eigenvalue weighted by Crippen LogP contribution is -2.60. The van der Waals surface area contributed by atoms with E-state index in [0.29, 0.717) is 27.7 Å². The highest BCUT2D eigenvalue weighted by molar-refractivity contribution is 7.99. The number of aromatic nitrogens is 3. The second-order valence-corrected chi connectivity index (χ2v) is 8.53. The number of nitrogens with one attached hydrogen (secondary N) is 1. The molecule has 7 nitrogen and oxygen atoms in total. The Morgan fingerprint density at radius 3 is 2.68 bits per heavy atom. The normalized spacial score (nSPS) is 14.8. The average molecular weight is 438 g/mol. The predicted octanol–water partition coefficient (Wildman–Crippen LogP) is 3.63. The van der Waals surface area contributed by atoms with Crippen LogP contribution < -0.4 is 15.1 Å². The average Bonchev–Trinajstić information content (AvgIpc) is 2.76. The monoisotopic (exact) mass is 437 g/mol. The van der Waals surface area contributed by atoms with Gasteiger partial charge >= 0.3 is 11.3 Å². The van der Waals surface area contributed by atoms with Gasteiger partial charge in [0.15, 0.2) is 0 Å². The van der Waals surface area contributed by atoms with E-state index in [4.69, 9.17) is 5.10 Å². The van der Waals surface area contributed by atoms with E-state index in [-0.39, 0.29) is 17.2 Å². The number of unbranched alkanes of at least 4 members (excludes halogenated alkanes) is 2. The molecule has 0 radical (unpaired) electrons. The Bertz CT molecular complexity index is 1180. The van der Waals surface area contributed by atoms with E-state index in [9.17, 15) is 14.7 Å². The van der Waals surface area contributed by atoms with Gasteiger partial charge in [0.25, 0.3) is 6.17 Å². The maximum absolute atomic E-state index is 13.2. The summed E-state index contributed by atoms with van der Waals surface area (Å²) < 4.78 is 1.57. The smallest absolute Gasteiger partial charge is 0.325 e. The first-order chi connectivity index (χ1) is 15.0. The molecule has 0 aliphatic carbocycles. The van der Waals surface area contributed by atoms with Crippen molar-refractivity contribution >= 4 is 23.4 Å². The van der Waals surface area contributed by atoms with Crippen molar-refractivity contribution in [1.29, 1.82) is 0 Å². The fraction of sp³-hybridized carbons (Fsp3) is 0.304. The molecule has 0 saturated carbocycles. The lowest BCUT2D eigenvalue weighted by Gasteiger charge is -2.31. The summed E-state index contributed by atoms with van der Waals surface area (Å²) in [5.74, 6) is 0.665. The van der Waals surface area contributed by atoms with Gasteiger partial charge in [0.05, 0.1) is 16.8 Å². The maximum atomic E-state index is 13.2. The molecule has 4 rings (SSSR count). The summed E-state index contributed by atoms with van der Waals surface area (Å²) in [5, 5.41) is 15.8. The summed E-state index contributed by atoms with van der Waals surface area (Å²) in [4.78, 5) is 30.4. The van der Waals surface area contributed by atoms with Gasteiger partial charge in [-0.15, -0.1) is 0 Å². The molecule has 2 N–H and O–H groups in total. The lowest BCUT2D eigenvalue weighted by atomic mass is 10.0. The molecule has 8 heteroatoms. The number of carbonyl (C=O) groups is 1. The summed E-state index contributed by atoms with van der Waals surface area (Å²) >= 11 is 1.49. The molecular formula is C23H25N4O3S+. The van der Waals surface area contributed by atoms with Crippen LogP contribution in [0, 0.1) is 0 Å². The van der Waals surface area contributed by atoms with Gasteiger partial charge in [0, 0.05) is 17.8 Å². The Morgan fingerprint density at radius 2 is 1.94 bits per heavy atom. The number of nitrogens with zero attached hydrogens (tertiary/aromatic N) is 3. The molecule has 1 aliphatic rings. The molecule has 3 aromatic rings. The number of amides is 1. The number of H-pyrrole nitrogens is 1. The van der Waals surface area contributed by atoms with Crippen molar-refractivity contribution in [3.05, 3.63) is 64.4 Å². The van der Waals surface area contributed by atoms with Gasteiger partial charge in [-0.1, -0.05) is 55.8 Å². The number of benzene rings is 2. The molecule has 0 unspecified atom stereocenters. The Balaban J connectivity index is 1.93. The number of fused-ring (bicyclic) bond motifs is 3. The Morgan fingerprint density at radius 1 is 1.19 bits per heavy atom. The third-order valence-electron chi connectivity index (χ3n) is 5.30. The molecule has 0 fully saturated rings. The molecule has 31 heavy (non-hydrogen) atoms. The van der Waals surface area contributed by atoms with Gasteiger partial charge in [-0.2, -0.15) is 0 Å². The van der Waals surface area contributed by atoms with Crippen LogP contribution >= 0.6 is 11.8 Å². The summed E-state index contributed by atoms with van der Waals surface area (Å²) in [7, 11) is 0. The predicted molar refractivity (Wildman–Crippen MR) is 120 cm³/mol. The number of anilines is 1. The van der Waals surface area contributed by atoms with Crippen LogP contribution in [-0.2, 0) is 4.79 Å². The number of carbonyl (C=O) groups excluding carboxylic acids is 1. The van der Waals surface area contributed by atoms with E-state index in [0.717, 1.165) is 25.0 Å². The standard InChI is InChI=1S/C23H24N4O3S/c1-3-4-9-14-31-23-24-21(30)20-16-10-5-7-12-18(16)26(15(2)28)22(27(20)25-23)17-11-6-8-13-19(17)29/h5-8,10-13,22H,3-4,9,14H2,1-2H3,(H-,24,25,29,30)/p+1/t22-/m1/s1. The first kappa shape index (κ1) is 21.1. The number of phenolic OH excluding ortho intramolecular Hbond substituents is 1. The minimum Gasteiger partial charge on any atom is -0.507 e. The second-order valence-electron chi connectivity index (χ2n) is 7.45. The largest absolute Gasteiger partial charge is 0.507 e. The highest BCUT2D eigenvalue weighted by Crippen LogP contribution is 2.39. The van der Waals surface area contributed by atoms with Crippen molar-refractivity contribution in [3.63, 3.8) is 0 Å². The molecule has 0 bridgehead atoms. The molecule has 160 valence electrons. The number of thioether (sulfide) groups is 1. The summed E-state index contributed by atoms with van der Waals surface area (Å²) in [6, 6.07) is 14.1. The number of hydrogen-bond donors (Lipinski definition) is 2. The Labute approximate surface area is 184 Å². The van der Waals surface area contributed by atoms with E-state index < -0.39 is 6.17 Å². The van der Waals surface area contributed by atoms with Crippen molar-refractivity contribution in [2.45, 2.75) is 44.4 Å². The lowest BCUT2D eigenvalue weighted by molar-refractivity contribution is -0.763. The van der Waals surface area contributed by atoms with Gasteiger partial charge in [0.2, 0.25) is 11.1 Å². The molecule has 0 saturated heterocycles. The van der Waals surface area contributed by atoms with Crippen LogP contribution in [0.25, 0.3) is 11.3 Å². The SMILES string of the molecule is CCCCCSc1n[n+]2c(c(=O)[nH]1)-c1ccccc1N(C(C)=O)[C@H]2c1ccccc1O. The van der Waals surface area contributed by atoms with E-state index in [1.54, 1.807) is 39.9 Å². The zero-order chi connectivity index (χ0) is 22.0. The van der Waals surface area contributed by atoms with Crippen LogP contribution in [0.1, 0.15) is 44.8 Å². The molecule has 2 heterocycles. The van der Waals surface area contributed by atoms with Crippen LogP contribution in [0.3, 0.4) is 0 Å². The van der Waals surface area contributed by atoms with Crippen molar-refractivity contribution in [2.24, 2.45) is 0 Å². The first-order valence-corrected chi connectivity index (χ1v) is 11.4. The minimum absolute atomic E-state index is 0.0378. The van der Waals surface area contributed by atoms with Crippen molar-refractivity contribution in [3.8, 4) is 17.0 Å². The van der Waals surface area contributed by atoms with Gasteiger partial charge in [-0.3, -0.25) is 14.6 Å². The maximum Gasteiger partial charge on any atom is 0.325 e. The zero-order valence-electron chi connectivity index (χ0n) is 17.5. The number of phenols is 1. The molecule has 1 aliphatic heterocycles. The van der Waals surface area contributed by atoms with Gasteiger partial charge in [-0.05, 0) is 35.4 Å². The third kappa shape index (κ3) is 3.95.